The van der Waals surface area contributed by atoms with Crippen LogP contribution in [0.1, 0.15) is 5.56 Å². The zero-order valence-corrected chi connectivity index (χ0v) is 15.3. The van der Waals surface area contributed by atoms with E-state index in [4.69, 9.17) is 0 Å². The van der Waals surface area contributed by atoms with Crippen molar-refractivity contribution in [1.82, 2.24) is 5.32 Å². The van der Waals surface area contributed by atoms with Crippen molar-refractivity contribution >= 4 is 27.9 Å². The third-order valence-corrected chi connectivity index (χ3v) is 5.30. The molecule has 130 valence electrons. The molecule has 3 rings (SSSR count). The van der Waals surface area contributed by atoms with Gasteiger partial charge in [0.1, 0.15) is 0 Å². The highest BCUT2D eigenvalue weighted by atomic mass is 35.5. The van der Waals surface area contributed by atoms with E-state index in [1.165, 1.54) is 11.8 Å². The van der Waals surface area contributed by atoms with E-state index in [1.807, 2.05) is 18.2 Å². The summed E-state index contributed by atoms with van der Waals surface area (Å²) in [5, 5.41) is 3.55. The fourth-order valence-electron chi connectivity index (χ4n) is 3.01. The topological polar surface area (TPSA) is 49.4 Å². The Morgan fingerprint density at radius 2 is 1.88 bits per heavy atom. The normalized spacial score (nSPS) is 18.0. The molecule has 4 nitrogen and oxygen atoms in total. The Hall–Kier alpha value is -1.56. The van der Waals surface area contributed by atoms with E-state index >= 15 is 0 Å². The van der Waals surface area contributed by atoms with Crippen LogP contribution in [0.15, 0.2) is 59.5 Å². The number of rotatable bonds is 4. The van der Waals surface area contributed by atoms with Crippen molar-refractivity contribution in [3.8, 4) is 0 Å². The summed E-state index contributed by atoms with van der Waals surface area (Å²) in [7, 11) is -3.17. The van der Waals surface area contributed by atoms with Gasteiger partial charge in [0.15, 0.2) is 9.84 Å². The van der Waals surface area contributed by atoms with Crippen LogP contribution in [0.4, 0.5) is 5.69 Å². The standard InChI is InChI=1S/C18H22N2O2S.ClH/c1-23(21,22)18-9-5-8-17(13-18)20-11-10-19-16(14-20)12-15-6-3-2-4-7-15;/h2-9,13,16,19H,10-12,14H2,1H3;1H. The second-order valence-electron chi connectivity index (χ2n) is 6.06. The highest BCUT2D eigenvalue weighted by Gasteiger charge is 2.20. The largest absolute Gasteiger partial charge is 0.369 e. The predicted molar refractivity (Wildman–Crippen MR) is 101 cm³/mol. The maximum Gasteiger partial charge on any atom is 0.175 e. The molecule has 2 aromatic rings. The molecule has 0 spiro atoms. The summed E-state index contributed by atoms with van der Waals surface area (Å²) in [6, 6.07) is 18.0. The van der Waals surface area contributed by atoms with Crippen molar-refractivity contribution in [3.63, 3.8) is 0 Å². The monoisotopic (exact) mass is 366 g/mol. The summed E-state index contributed by atoms with van der Waals surface area (Å²) in [4.78, 5) is 2.65. The quantitative estimate of drug-likeness (QED) is 0.903. The third-order valence-electron chi connectivity index (χ3n) is 4.19. The minimum atomic E-state index is -3.17. The lowest BCUT2D eigenvalue weighted by molar-refractivity contribution is 0.454. The van der Waals surface area contributed by atoms with E-state index in [9.17, 15) is 8.42 Å². The van der Waals surface area contributed by atoms with Crippen molar-refractivity contribution in [1.29, 1.82) is 0 Å². The van der Waals surface area contributed by atoms with Crippen molar-refractivity contribution < 1.29 is 8.42 Å². The van der Waals surface area contributed by atoms with Gasteiger partial charge >= 0.3 is 0 Å². The van der Waals surface area contributed by atoms with Gasteiger partial charge in [0, 0.05) is 37.6 Å². The van der Waals surface area contributed by atoms with E-state index in [-0.39, 0.29) is 12.4 Å². The molecule has 1 saturated heterocycles. The molecule has 2 aromatic carbocycles. The number of piperazine rings is 1. The van der Waals surface area contributed by atoms with Crippen LogP contribution in [-0.2, 0) is 16.3 Å². The number of nitrogens with zero attached hydrogens (tertiary/aromatic N) is 1. The van der Waals surface area contributed by atoms with Gasteiger partial charge in [-0.25, -0.2) is 8.42 Å². The van der Waals surface area contributed by atoms with Gasteiger partial charge in [-0.1, -0.05) is 36.4 Å². The molecule has 1 N–H and O–H groups in total. The minimum absolute atomic E-state index is 0. The maximum absolute atomic E-state index is 11.7. The first-order valence-corrected chi connectivity index (χ1v) is 9.74. The molecular formula is C18H23ClN2O2S. The van der Waals surface area contributed by atoms with Gasteiger partial charge < -0.3 is 10.2 Å². The Balaban J connectivity index is 0.00000208. The Bertz CT molecular complexity index is 766. The van der Waals surface area contributed by atoms with Gasteiger partial charge in [0.05, 0.1) is 4.90 Å². The Morgan fingerprint density at radius 1 is 1.12 bits per heavy atom. The van der Waals surface area contributed by atoms with Gasteiger partial charge in [-0.15, -0.1) is 12.4 Å². The lowest BCUT2D eigenvalue weighted by Gasteiger charge is -2.35. The average molecular weight is 367 g/mol. The molecule has 0 saturated carbocycles. The summed E-state index contributed by atoms with van der Waals surface area (Å²) >= 11 is 0. The van der Waals surface area contributed by atoms with Crippen LogP contribution in [0.25, 0.3) is 0 Å². The van der Waals surface area contributed by atoms with Crippen LogP contribution in [-0.4, -0.2) is 40.3 Å². The van der Waals surface area contributed by atoms with Crippen molar-refractivity contribution in [2.75, 3.05) is 30.8 Å². The smallest absolute Gasteiger partial charge is 0.175 e. The SMILES string of the molecule is CS(=O)(=O)c1cccc(N2CCNC(Cc3ccccc3)C2)c1.Cl. The number of anilines is 1. The van der Waals surface area contributed by atoms with Crippen LogP contribution in [0.3, 0.4) is 0 Å². The molecule has 1 heterocycles. The van der Waals surface area contributed by atoms with Gasteiger partial charge in [-0.3, -0.25) is 0 Å². The summed E-state index contributed by atoms with van der Waals surface area (Å²) in [6.45, 7) is 2.67. The van der Waals surface area contributed by atoms with Crippen LogP contribution in [0, 0.1) is 0 Å². The van der Waals surface area contributed by atoms with Gasteiger partial charge in [-0.05, 0) is 30.2 Å². The molecule has 0 aromatic heterocycles. The summed E-state index contributed by atoms with van der Waals surface area (Å²) in [6.07, 6.45) is 2.23. The molecule has 1 fully saturated rings. The maximum atomic E-state index is 11.7. The van der Waals surface area contributed by atoms with Gasteiger partial charge in [-0.2, -0.15) is 0 Å². The first kappa shape index (κ1) is 18.8. The number of sulfone groups is 1. The molecule has 1 aliphatic rings. The van der Waals surface area contributed by atoms with E-state index in [2.05, 4.69) is 34.5 Å². The Morgan fingerprint density at radius 3 is 2.58 bits per heavy atom. The third kappa shape index (κ3) is 4.72. The first-order valence-electron chi connectivity index (χ1n) is 7.85. The van der Waals surface area contributed by atoms with Crippen LogP contribution < -0.4 is 10.2 Å². The highest BCUT2D eigenvalue weighted by molar-refractivity contribution is 7.90. The number of nitrogens with one attached hydrogen (secondary N) is 1. The molecule has 0 radical (unpaired) electrons. The predicted octanol–water partition coefficient (Wildman–Crippen LogP) is 2.53. The molecule has 0 amide bonds. The van der Waals surface area contributed by atoms with E-state index in [0.717, 1.165) is 31.7 Å². The zero-order chi connectivity index (χ0) is 16.3. The Labute approximate surface area is 150 Å². The van der Waals surface area contributed by atoms with E-state index < -0.39 is 9.84 Å². The van der Waals surface area contributed by atoms with Crippen LogP contribution in [0.2, 0.25) is 0 Å². The van der Waals surface area contributed by atoms with Gasteiger partial charge in [0.25, 0.3) is 0 Å². The zero-order valence-electron chi connectivity index (χ0n) is 13.7. The highest BCUT2D eigenvalue weighted by Crippen LogP contribution is 2.21. The van der Waals surface area contributed by atoms with E-state index in [0.29, 0.717) is 10.9 Å². The minimum Gasteiger partial charge on any atom is -0.369 e. The molecule has 1 atom stereocenters. The Kier molecular flexibility index (Phi) is 6.27. The summed E-state index contributed by atoms with van der Waals surface area (Å²) in [5.74, 6) is 0. The molecule has 0 bridgehead atoms. The van der Waals surface area contributed by atoms with Crippen molar-refractivity contribution in [3.05, 3.63) is 60.2 Å². The molecule has 1 unspecified atom stereocenters. The molecule has 6 heteroatoms. The average Bonchev–Trinajstić information content (AvgIpc) is 2.55. The molecule has 0 aliphatic carbocycles. The summed E-state index contributed by atoms with van der Waals surface area (Å²) in [5.41, 5.74) is 2.30. The number of benzene rings is 2. The van der Waals surface area contributed by atoms with Crippen molar-refractivity contribution in [2.45, 2.75) is 17.4 Å². The molecular weight excluding hydrogens is 344 g/mol. The number of hydrogen-bond donors (Lipinski definition) is 1. The van der Waals surface area contributed by atoms with E-state index in [1.54, 1.807) is 12.1 Å². The number of halogens is 1. The van der Waals surface area contributed by atoms with Crippen LogP contribution in [0.5, 0.6) is 0 Å². The summed E-state index contributed by atoms with van der Waals surface area (Å²) < 4.78 is 23.5. The molecule has 1 aliphatic heterocycles. The lowest BCUT2D eigenvalue weighted by atomic mass is 10.0. The van der Waals surface area contributed by atoms with Crippen molar-refractivity contribution in [2.24, 2.45) is 0 Å². The van der Waals surface area contributed by atoms with Crippen LogP contribution >= 0.6 is 12.4 Å². The first-order chi connectivity index (χ1) is 11.0. The second-order valence-corrected chi connectivity index (χ2v) is 8.07. The van der Waals surface area contributed by atoms with Gasteiger partial charge in [0.2, 0.25) is 0 Å². The molecule has 24 heavy (non-hydrogen) atoms. The fraction of sp³-hybridized carbons (Fsp3) is 0.333. The number of hydrogen-bond acceptors (Lipinski definition) is 4. The lowest BCUT2D eigenvalue weighted by Crippen LogP contribution is -2.51. The fourth-order valence-corrected chi connectivity index (χ4v) is 3.67. The second kappa shape index (κ2) is 8.01.